The van der Waals surface area contributed by atoms with Crippen LogP contribution in [-0.4, -0.2) is 25.8 Å². The molecule has 0 N–H and O–H groups in total. The zero-order valence-electron chi connectivity index (χ0n) is 8.24. The van der Waals surface area contributed by atoms with Crippen LogP contribution >= 0.6 is 0 Å². The second-order valence-electron chi connectivity index (χ2n) is 4.11. The molecule has 1 saturated heterocycles. The van der Waals surface area contributed by atoms with E-state index in [1.807, 2.05) is 0 Å². The SMILES string of the molecule is BC1CCN(Cc2ccccc2)C1. The molecule has 0 spiro atoms. The third-order valence-corrected chi connectivity index (χ3v) is 2.76. The van der Waals surface area contributed by atoms with Gasteiger partial charge in [-0.25, -0.2) is 0 Å². The Labute approximate surface area is 81.2 Å². The van der Waals surface area contributed by atoms with Crippen LogP contribution in [0.1, 0.15) is 12.0 Å². The number of benzene rings is 1. The zero-order valence-corrected chi connectivity index (χ0v) is 8.24. The van der Waals surface area contributed by atoms with Crippen molar-refractivity contribution in [2.24, 2.45) is 0 Å². The molecule has 0 aliphatic carbocycles. The molecule has 0 radical (unpaired) electrons. The predicted molar refractivity (Wildman–Crippen MR) is 58.6 cm³/mol. The van der Waals surface area contributed by atoms with Gasteiger partial charge in [0.1, 0.15) is 7.85 Å². The zero-order chi connectivity index (χ0) is 9.10. The summed E-state index contributed by atoms with van der Waals surface area (Å²) in [5.41, 5.74) is 1.44. The monoisotopic (exact) mass is 173 g/mol. The maximum atomic E-state index is 2.54. The van der Waals surface area contributed by atoms with Crippen molar-refractivity contribution < 1.29 is 0 Å². The first-order chi connectivity index (χ1) is 6.34. The molecule has 1 aliphatic rings. The van der Waals surface area contributed by atoms with Crippen LogP contribution in [0, 0.1) is 0 Å². The van der Waals surface area contributed by atoms with Gasteiger partial charge in [0.25, 0.3) is 0 Å². The van der Waals surface area contributed by atoms with Crippen LogP contribution < -0.4 is 0 Å². The largest absolute Gasteiger partial charge is 0.300 e. The third kappa shape index (κ3) is 2.34. The maximum absolute atomic E-state index is 2.54. The van der Waals surface area contributed by atoms with Gasteiger partial charge in [-0.2, -0.15) is 0 Å². The van der Waals surface area contributed by atoms with Crippen LogP contribution in [0.4, 0.5) is 0 Å². The van der Waals surface area contributed by atoms with Crippen molar-refractivity contribution in [1.82, 2.24) is 4.90 Å². The molecule has 1 nitrogen and oxygen atoms in total. The van der Waals surface area contributed by atoms with E-state index in [4.69, 9.17) is 0 Å². The summed E-state index contributed by atoms with van der Waals surface area (Å²) in [6.07, 6.45) is 1.37. The van der Waals surface area contributed by atoms with Gasteiger partial charge in [-0.05, 0) is 25.1 Å². The van der Waals surface area contributed by atoms with Crippen molar-refractivity contribution in [2.75, 3.05) is 13.1 Å². The van der Waals surface area contributed by atoms with Crippen LogP contribution in [0.2, 0.25) is 5.82 Å². The fourth-order valence-electron chi connectivity index (χ4n) is 2.01. The summed E-state index contributed by atoms with van der Waals surface area (Å²) in [7, 11) is 2.34. The van der Waals surface area contributed by atoms with Crippen LogP contribution in [0.5, 0.6) is 0 Å². The van der Waals surface area contributed by atoms with Crippen molar-refractivity contribution in [2.45, 2.75) is 18.8 Å². The molecule has 0 bridgehead atoms. The molecule has 0 aromatic heterocycles. The minimum atomic E-state index is 0.892. The van der Waals surface area contributed by atoms with Gasteiger partial charge in [0, 0.05) is 6.54 Å². The quantitative estimate of drug-likeness (QED) is 0.609. The smallest absolute Gasteiger partial charge is 0.107 e. The van der Waals surface area contributed by atoms with Gasteiger partial charge in [-0.3, -0.25) is 4.90 Å². The summed E-state index contributed by atoms with van der Waals surface area (Å²) in [4.78, 5) is 2.54. The van der Waals surface area contributed by atoms with Crippen LogP contribution in [0.3, 0.4) is 0 Å². The first kappa shape index (κ1) is 8.83. The van der Waals surface area contributed by atoms with E-state index in [1.165, 1.54) is 25.1 Å². The standard InChI is InChI=1S/C11H16BN/c12-11-6-7-13(9-11)8-10-4-2-1-3-5-10/h1-5,11H,6-9,12H2. The fraction of sp³-hybridized carbons (Fsp3) is 0.455. The fourth-order valence-corrected chi connectivity index (χ4v) is 2.01. The van der Waals surface area contributed by atoms with Gasteiger partial charge in [0.2, 0.25) is 0 Å². The maximum Gasteiger partial charge on any atom is 0.107 e. The highest BCUT2D eigenvalue weighted by Gasteiger charge is 2.17. The minimum Gasteiger partial charge on any atom is -0.300 e. The van der Waals surface area contributed by atoms with E-state index in [9.17, 15) is 0 Å². The first-order valence-electron chi connectivity index (χ1n) is 5.11. The van der Waals surface area contributed by atoms with E-state index in [0.29, 0.717) is 0 Å². The van der Waals surface area contributed by atoms with Crippen molar-refractivity contribution in [3.63, 3.8) is 0 Å². The van der Waals surface area contributed by atoms with Crippen molar-refractivity contribution >= 4 is 7.85 Å². The average Bonchev–Trinajstić information content (AvgIpc) is 2.53. The molecule has 0 saturated carbocycles. The van der Waals surface area contributed by atoms with Gasteiger partial charge in [-0.1, -0.05) is 36.1 Å². The van der Waals surface area contributed by atoms with Crippen molar-refractivity contribution in [3.05, 3.63) is 35.9 Å². The Bertz CT molecular complexity index is 260. The lowest BCUT2D eigenvalue weighted by Gasteiger charge is -2.14. The molecule has 1 heterocycles. The lowest BCUT2D eigenvalue weighted by Crippen LogP contribution is -2.19. The number of hydrogen-bond donors (Lipinski definition) is 0. The second-order valence-corrected chi connectivity index (χ2v) is 4.11. The predicted octanol–water partition coefficient (Wildman–Crippen LogP) is 1.31. The molecule has 1 atom stereocenters. The highest BCUT2D eigenvalue weighted by molar-refractivity contribution is 6.11. The van der Waals surface area contributed by atoms with E-state index in [-0.39, 0.29) is 0 Å². The average molecular weight is 173 g/mol. The molecule has 1 aromatic rings. The second kappa shape index (κ2) is 3.97. The topological polar surface area (TPSA) is 3.24 Å². The molecule has 68 valence electrons. The Morgan fingerprint density at radius 2 is 2.08 bits per heavy atom. The van der Waals surface area contributed by atoms with Crippen LogP contribution in [0.25, 0.3) is 0 Å². The van der Waals surface area contributed by atoms with E-state index in [1.54, 1.807) is 0 Å². The number of likely N-dealkylation sites (tertiary alicyclic amines) is 1. The molecule has 1 aromatic carbocycles. The van der Waals surface area contributed by atoms with E-state index in [0.717, 1.165) is 12.4 Å². The Morgan fingerprint density at radius 1 is 1.31 bits per heavy atom. The number of nitrogens with zero attached hydrogens (tertiary/aromatic N) is 1. The van der Waals surface area contributed by atoms with Gasteiger partial charge >= 0.3 is 0 Å². The lowest BCUT2D eigenvalue weighted by atomic mass is 9.87. The lowest BCUT2D eigenvalue weighted by molar-refractivity contribution is 0.331. The Balaban J connectivity index is 1.92. The van der Waals surface area contributed by atoms with Crippen LogP contribution in [-0.2, 0) is 6.54 Å². The summed E-state index contributed by atoms with van der Waals surface area (Å²) in [6, 6.07) is 10.7. The summed E-state index contributed by atoms with van der Waals surface area (Å²) in [6.45, 7) is 3.68. The van der Waals surface area contributed by atoms with E-state index >= 15 is 0 Å². The summed E-state index contributed by atoms with van der Waals surface area (Å²) in [5, 5.41) is 0. The number of rotatable bonds is 2. The number of hydrogen-bond acceptors (Lipinski definition) is 1. The van der Waals surface area contributed by atoms with E-state index < -0.39 is 0 Å². The molecule has 1 unspecified atom stereocenters. The Kier molecular flexibility index (Phi) is 2.69. The van der Waals surface area contributed by atoms with Gasteiger partial charge in [0.05, 0.1) is 0 Å². The summed E-state index contributed by atoms with van der Waals surface area (Å²) < 4.78 is 0. The Morgan fingerprint density at radius 3 is 2.69 bits per heavy atom. The van der Waals surface area contributed by atoms with Gasteiger partial charge < -0.3 is 0 Å². The molecule has 2 rings (SSSR count). The molecular formula is C11H16BN. The van der Waals surface area contributed by atoms with Crippen molar-refractivity contribution in [1.29, 1.82) is 0 Å². The van der Waals surface area contributed by atoms with Crippen LogP contribution in [0.15, 0.2) is 30.3 Å². The molecule has 2 heteroatoms. The normalized spacial score (nSPS) is 23.5. The minimum absolute atomic E-state index is 0.892. The third-order valence-electron chi connectivity index (χ3n) is 2.76. The van der Waals surface area contributed by atoms with Crippen molar-refractivity contribution in [3.8, 4) is 0 Å². The highest BCUT2D eigenvalue weighted by Crippen LogP contribution is 2.19. The summed E-state index contributed by atoms with van der Waals surface area (Å²) in [5.74, 6) is 0.892. The van der Waals surface area contributed by atoms with Gasteiger partial charge in [-0.15, -0.1) is 0 Å². The molecule has 1 fully saturated rings. The molecule has 13 heavy (non-hydrogen) atoms. The Hall–Kier alpha value is -0.755. The molecular weight excluding hydrogens is 157 g/mol. The van der Waals surface area contributed by atoms with Gasteiger partial charge in [0.15, 0.2) is 0 Å². The molecule has 0 amide bonds. The molecule has 1 aliphatic heterocycles. The highest BCUT2D eigenvalue weighted by atomic mass is 15.1. The van der Waals surface area contributed by atoms with E-state index in [2.05, 4.69) is 43.1 Å². The first-order valence-corrected chi connectivity index (χ1v) is 5.11. The summed E-state index contributed by atoms with van der Waals surface area (Å²) >= 11 is 0.